The number of hydrogen-bond acceptors (Lipinski definition) is 3. The predicted octanol–water partition coefficient (Wildman–Crippen LogP) is 2.09. The van der Waals surface area contributed by atoms with E-state index >= 15 is 0 Å². The molecule has 1 atom stereocenters. The van der Waals surface area contributed by atoms with Crippen LogP contribution in [-0.4, -0.2) is 41.5 Å². The Morgan fingerprint density at radius 3 is 2.95 bits per heavy atom. The fraction of sp³-hybridized carbons (Fsp3) is 0.333. The monoisotopic (exact) mass is 291 g/mol. The van der Waals surface area contributed by atoms with E-state index in [1.807, 2.05) is 35.2 Å². The molecule has 1 aromatic carbocycles. The Balaban J connectivity index is 0.00000147. The summed E-state index contributed by atoms with van der Waals surface area (Å²) in [5.74, 6) is 0.0812. The summed E-state index contributed by atoms with van der Waals surface area (Å²) in [7, 11) is 0. The highest BCUT2D eigenvalue weighted by molar-refractivity contribution is 6.05. The number of pyridine rings is 1. The number of piperazine rings is 1. The Morgan fingerprint density at radius 2 is 2.15 bits per heavy atom. The highest BCUT2D eigenvalue weighted by Gasteiger charge is 2.23. The molecule has 3 rings (SSSR count). The lowest BCUT2D eigenvalue weighted by Crippen LogP contribution is -2.51. The quantitative estimate of drug-likeness (QED) is 0.875. The molecule has 1 aromatic heterocycles. The first kappa shape index (κ1) is 14.8. The molecule has 2 heterocycles. The highest BCUT2D eigenvalue weighted by Crippen LogP contribution is 2.18. The minimum Gasteiger partial charge on any atom is -0.336 e. The van der Waals surface area contributed by atoms with Crippen molar-refractivity contribution in [2.75, 3.05) is 19.6 Å². The third kappa shape index (κ3) is 2.76. The van der Waals surface area contributed by atoms with Crippen LogP contribution in [0.2, 0.25) is 0 Å². The average Bonchev–Trinajstić information content (AvgIpc) is 2.46. The topological polar surface area (TPSA) is 45.2 Å². The Labute approximate surface area is 124 Å². The van der Waals surface area contributed by atoms with Gasteiger partial charge in [-0.1, -0.05) is 18.2 Å². The van der Waals surface area contributed by atoms with Crippen molar-refractivity contribution in [1.82, 2.24) is 15.2 Å². The van der Waals surface area contributed by atoms with E-state index in [2.05, 4.69) is 17.2 Å². The molecule has 0 radical (unpaired) electrons. The zero-order valence-corrected chi connectivity index (χ0v) is 12.2. The predicted molar refractivity (Wildman–Crippen MR) is 82.4 cm³/mol. The van der Waals surface area contributed by atoms with Gasteiger partial charge < -0.3 is 10.2 Å². The fourth-order valence-corrected chi connectivity index (χ4v) is 2.56. The first-order valence-electron chi connectivity index (χ1n) is 6.62. The van der Waals surface area contributed by atoms with Crippen LogP contribution in [0.5, 0.6) is 0 Å². The molecule has 106 valence electrons. The molecule has 2 aromatic rings. The van der Waals surface area contributed by atoms with Gasteiger partial charge in [0.2, 0.25) is 0 Å². The lowest BCUT2D eigenvalue weighted by atomic mass is 10.1. The standard InChI is InChI=1S/C15H17N3O.ClH/c1-11-10-18(9-8-16-11)15(19)13-6-2-4-12-5-3-7-17-14(12)13;/h2-7,11,16H,8-10H2,1H3;1H/t11-;/m1./s1. The minimum absolute atomic E-state index is 0. The number of nitrogens with one attached hydrogen (secondary N) is 1. The van der Waals surface area contributed by atoms with Gasteiger partial charge in [0.1, 0.15) is 0 Å². The van der Waals surface area contributed by atoms with E-state index < -0.39 is 0 Å². The van der Waals surface area contributed by atoms with Crippen molar-refractivity contribution in [3.8, 4) is 0 Å². The molecule has 1 fully saturated rings. The van der Waals surface area contributed by atoms with Gasteiger partial charge in [-0.15, -0.1) is 12.4 Å². The van der Waals surface area contributed by atoms with Gasteiger partial charge in [-0.2, -0.15) is 0 Å². The second kappa shape index (κ2) is 6.20. The van der Waals surface area contributed by atoms with Crippen molar-refractivity contribution in [1.29, 1.82) is 0 Å². The van der Waals surface area contributed by atoms with E-state index in [9.17, 15) is 4.79 Å². The van der Waals surface area contributed by atoms with Crippen LogP contribution in [0.3, 0.4) is 0 Å². The lowest BCUT2D eigenvalue weighted by molar-refractivity contribution is 0.0711. The number of carbonyl (C=O) groups excluding carboxylic acids is 1. The summed E-state index contributed by atoms with van der Waals surface area (Å²) < 4.78 is 0. The molecule has 0 aliphatic carbocycles. The van der Waals surface area contributed by atoms with Gasteiger partial charge in [0.15, 0.2) is 0 Å². The molecular weight excluding hydrogens is 274 g/mol. The SMILES string of the molecule is C[C@@H]1CN(C(=O)c2cccc3cccnc23)CCN1.Cl. The molecule has 1 saturated heterocycles. The summed E-state index contributed by atoms with van der Waals surface area (Å²) in [5, 5.41) is 4.36. The van der Waals surface area contributed by atoms with Crippen LogP contribution in [-0.2, 0) is 0 Å². The number of aromatic nitrogens is 1. The summed E-state index contributed by atoms with van der Waals surface area (Å²) in [6.07, 6.45) is 1.74. The number of benzene rings is 1. The maximum Gasteiger partial charge on any atom is 0.256 e. The van der Waals surface area contributed by atoms with Gasteiger partial charge in [0, 0.05) is 37.3 Å². The molecule has 0 unspecified atom stereocenters. The van der Waals surface area contributed by atoms with Gasteiger partial charge in [-0.3, -0.25) is 9.78 Å². The van der Waals surface area contributed by atoms with Gasteiger partial charge in [0.25, 0.3) is 5.91 Å². The summed E-state index contributed by atoms with van der Waals surface area (Å²) in [4.78, 5) is 18.9. The second-order valence-electron chi connectivity index (χ2n) is 4.99. The third-order valence-electron chi connectivity index (χ3n) is 3.52. The smallest absolute Gasteiger partial charge is 0.256 e. The Bertz CT molecular complexity index is 612. The van der Waals surface area contributed by atoms with E-state index in [-0.39, 0.29) is 18.3 Å². The second-order valence-corrected chi connectivity index (χ2v) is 4.99. The number of fused-ring (bicyclic) bond motifs is 1. The molecule has 4 nitrogen and oxygen atoms in total. The van der Waals surface area contributed by atoms with Gasteiger partial charge in [-0.05, 0) is 19.1 Å². The number of nitrogens with zero attached hydrogens (tertiary/aromatic N) is 2. The molecule has 1 aliphatic rings. The van der Waals surface area contributed by atoms with Crippen LogP contribution in [0.25, 0.3) is 10.9 Å². The summed E-state index contributed by atoms with van der Waals surface area (Å²) in [5.41, 5.74) is 1.49. The van der Waals surface area contributed by atoms with Crippen molar-refractivity contribution in [3.63, 3.8) is 0 Å². The summed E-state index contributed by atoms with van der Waals surface area (Å²) in [6, 6.07) is 10.00. The summed E-state index contributed by atoms with van der Waals surface area (Å²) in [6.45, 7) is 4.46. The first-order chi connectivity index (χ1) is 9.25. The van der Waals surface area contributed by atoms with Crippen LogP contribution in [0.4, 0.5) is 0 Å². The van der Waals surface area contributed by atoms with Gasteiger partial charge in [0.05, 0.1) is 11.1 Å². The molecule has 1 amide bonds. The fourth-order valence-electron chi connectivity index (χ4n) is 2.56. The van der Waals surface area contributed by atoms with Crippen LogP contribution >= 0.6 is 12.4 Å². The largest absolute Gasteiger partial charge is 0.336 e. The number of rotatable bonds is 1. The van der Waals surface area contributed by atoms with Crippen LogP contribution < -0.4 is 5.32 Å². The Morgan fingerprint density at radius 1 is 1.35 bits per heavy atom. The maximum absolute atomic E-state index is 12.6. The normalized spacial score (nSPS) is 18.6. The first-order valence-corrected chi connectivity index (χ1v) is 6.62. The van der Waals surface area contributed by atoms with Gasteiger partial charge >= 0.3 is 0 Å². The molecular formula is C15H18ClN3O. The molecule has 1 aliphatic heterocycles. The van der Waals surface area contributed by atoms with E-state index in [1.54, 1.807) is 6.20 Å². The van der Waals surface area contributed by atoms with E-state index in [0.717, 1.165) is 30.5 Å². The number of hydrogen-bond donors (Lipinski definition) is 1. The minimum atomic E-state index is 0. The molecule has 0 bridgehead atoms. The van der Waals surface area contributed by atoms with Crippen LogP contribution in [0, 0.1) is 0 Å². The average molecular weight is 292 g/mol. The molecule has 0 spiro atoms. The van der Waals surface area contributed by atoms with Crippen LogP contribution in [0.15, 0.2) is 36.5 Å². The summed E-state index contributed by atoms with van der Waals surface area (Å²) >= 11 is 0. The van der Waals surface area contributed by atoms with Crippen molar-refractivity contribution in [3.05, 3.63) is 42.1 Å². The zero-order valence-electron chi connectivity index (χ0n) is 11.4. The highest BCUT2D eigenvalue weighted by atomic mass is 35.5. The maximum atomic E-state index is 12.6. The molecule has 1 N–H and O–H groups in total. The van der Waals surface area contributed by atoms with Crippen molar-refractivity contribution in [2.24, 2.45) is 0 Å². The lowest BCUT2D eigenvalue weighted by Gasteiger charge is -2.32. The Kier molecular flexibility index (Phi) is 4.57. The Hall–Kier alpha value is -1.65. The van der Waals surface area contributed by atoms with Crippen LogP contribution in [0.1, 0.15) is 17.3 Å². The van der Waals surface area contributed by atoms with E-state index in [4.69, 9.17) is 0 Å². The van der Waals surface area contributed by atoms with E-state index in [1.165, 1.54) is 0 Å². The van der Waals surface area contributed by atoms with Crippen molar-refractivity contribution >= 4 is 29.2 Å². The number of amides is 1. The van der Waals surface area contributed by atoms with Crippen molar-refractivity contribution in [2.45, 2.75) is 13.0 Å². The molecule has 0 saturated carbocycles. The zero-order chi connectivity index (χ0) is 13.2. The molecule has 5 heteroatoms. The third-order valence-corrected chi connectivity index (χ3v) is 3.52. The van der Waals surface area contributed by atoms with Crippen molar-refractivity contribution < 1.29 is 4.79 Å². The number of halogens is 1. The van der Waals surface area contributed by atoms with E-state index in [0.29, 0.717) is 11.6 Å². The van der Waals surface area contributed by atoms with Gasteiger partial charge in [-0.25, -0.2) is 0 Å². The number of para-hydroxylation sites is 1. The molecule has 20 heavy (non-hydrogen) atoms. The number of carbonyl (C=O) groups is 1.